The number of alkyl halides is 1. The average Bonchev–Trinajstić information content (AvgIpc) is 3.30. The van der Waals surface area contributed by atoms with Crippen LogP contribution >= 0.6 is 11.3 Å². The molecule has 5 nitrogen and oxygen atoms in total. The molecule has 1 saturated heterocycles. The number of hydrogen-bond donors (Lipinski definition) is 1. The number of allylic oxidation sites excluding steroid dienone is 3. The molecule has 1 aromatic carbocycles. The molecule has 2 heterocycles. The van der Waals surface area contributed by atoms with Gasteiger partial charge in [0.15, 0.2) is 11.3 Å². The van der Waals surface area contributed by atoms with Crippen LogP contribution in [0, 0.1) is 0 Å². The van der Waals surface area contributed by atoms with Crippen molar-refractivity contribution in [2.75, 3.05) is 6.54 Å². The van der Waals surface area contributed by atoms with Crippen molar-refractivity contribution in [3.05, 3.63) is 76.5 Å². The highest BCUT2D eigenvalue weighted by Crippen LogP contribution is 2.42. The predicted octanol–water partition coefficient (Wildman–Crippen LogP) is 5.40. The second-order valence-electron chi connectivity index (χ2n) is 8.02. The second kappa shape index (κ2) is 8.30. The first kappa shape index (κ1) is 21.3. The van der Waals surface area contributed by atoms with Gasteiger partial charge in [0.2, 0.25) is 0 Å². The van der Waals surface area contributed by atoms with E-state index in [-0.39, 0.29) is 19.4 Å². The number of ether oxygens (including phenoxy) is 1. The van der Waals surface area contributed by atoms with E-state index < -0.39 is 29.4 Å². The summed E-state index contributed by atoms with van der Waals surface area (Å²) >= 11 is 1.36. The van der Waals surface area contributed by atoms with Crippen molar-refractivity contribution in [3.8, 4) is 0 Å². The third-order valence-corrected chi connectivity index (χ3v) is 7.18. The molecule has 3 atom stereocenters. The Kier molecular flexibility index (Phi) is 5.71. The van der Waals surface area contributed by atoms with E-state index in [1.54, 1.807) is 25.1 Å². The van der Waals surface area contributed by atoms with E-state index in [2.05, 4.69) is 0 Å². The molecule has 1 aromatic heterocycles. The molecule has 1 aliphatic heterocycles. The van der Waals surface area contributed by atoms with Crippen molar-refractivity contribution in [1.82, 2.24) is 4.90 Å². The number of benzene rings is 1. The van der Waals surface area contributed by atoms with Crippen LogP contribution in [0.25, 0.3) is 5.57 Å². The number of nitrogens with zero attached hydrogens (tertiary/aromatic N) is 1. The molecule has 1 N–H and O–H groups in total. The number of carbonyl (C=O) groups is 2. The summed E-state index contributed by atoms with van der Waals surface area (Å²) in [6.07, 6.45) is 4.56. The molecule has 2 aromatic rings. The van der Waals surface area contributed by atoms with Gasteiger partial charge in [-0.3, -0.25) is 4.79 Å². The van der Waals surface area contributed by atoms with Crippen molar-refractivity contribution in [1.29, 1.82) is 0 Å². The number of rotatable bonds is 6. The number of aliphatic carboxylic acids is 1. The van der Waals surface area contributed by atoms with Crippen LogP contribution in [0.4, 0.5) is 9.18 Å². The maximum atomic E-state index is 15.8. The number of carbonyl (C=O) groups excluding carboxylic acids is 1. The summed E-state index contributed by atoms with van der Waals surface area (Å²) in [6, 6.07) is 12.6. The number of halogens is 1. The topological polar surface area (TPSA) is 66.8 Å². The van der Waals surface area contributed by atoms with Crippen molar-refractivity contribution in [3.63, 3.8) is 0 Å². The maximum absolute atomic E-state index is 15.8. The van der Waals surface area contributed by atoms with E-state index in [9.17, 15) is 14.7 Å². The highest BCUT2D eigenvalue weighted by atomic mass is 32.1. The van der Waals surface area contributed by atoms with Crippen molar-refractivity contribution < 1.29 is 23.8 Å². The van der Waals surface area contributed by atoms with E-state index in [1.807, 2.05) is 41.8 Å². The van der Waals surface area contributed by atoms with Gasteiger partial charge in [-0.25, -0.2) is 9.18 Å². The fraction of sp³-hybridized carbons (Fsp3) is 0.333. The molecule has 0 saturated carbocycles. The van der Waals surface area contributed by atoms with E-state index in [4.69, 9.17) is 4.74 Å². The smallest absolute Gasteiger partial charge is 0.411 e. The Balaban J connectivity index is 1.50. The third-order valence-electron chi connectivity index (χ3n) is 6.12. The number of carboxylic acids is 1. The third kappa shape index (κ3) is 4.14. The lowest BCUT2D eigenvalue weighted by Crippen LogP contribution is -2.56. The molecule has 0 bridgehead atoms. The van der Waals surface area contributed by atoms with Crippen LogP contribution in [0.5, 0.6) is 0 Å². The number of carboxylic acid groups (broad SMARTS) is 1. The van der Waals surface area contributed by atoms with Crippen LogP contribution < -0.4 is 0 Å². The van der Waals surface area contributed by atoms with Gasteiger partial charge in [-0.1, -0.05) is 48.6 Å². The van der Waals surface area contributed by atoms with Gasteiger partial charge in [-0.05, 0) is 35.6 Å². The SMILES string of the molecule is C[C@H](N1CC[C@](CC(=O)O)(c2cccs2)OC1=O)C1(F)C=CC(c2ccccc2)=CC1. The van der Waals surface area contributed by atoms with Gasteiger partial charge in [0.1, 0.15) is 0 Å². The zero-order chi connectivity index (χ0) is 22.1. The monoisotopic (exact) mass is 441 g/mol. The van der Waals surface area contributed by atoms with Crippen LogP contribution in [-0.4, -0.2) is 40.3 Å². The largest absolute Gasteiger partial charge is 0.481 e. The van der Waals surface area contributed by atoms with Gasteiger partial charge < -0.3 is 14.7 Å². The minimum atomic E-state index is -1.73. The molecule has 162 valence electrons. The quantitative estimate of drug-likeness (QED) is 0.652. The van der Waals surface area contributed by atoms with Gasteiger partial charge in [0.05, 0.1) is 12.5 Å². The molecule has 0 radical (unpaired) electrons. The van der Waals surface area contributed by atoms with Crippen LogP contribution in [0.3, 0.4) is 0 Å². The lowest BCUT2D eigenvalue weighted by molar-refractivity contribution is -0.146. The predicted molar refractivity (Wildman–Crippen MR) is 118 cm³/mol. The molecular weight excluding hydrogens is 417 g/mol. The summed E-state index contributed by atoms with van der Waals surface area (Å²) in [5.74, 6) is -1.04. The Bertz CT molecular complexity index is 1020. The van der Waals surface area contributed by atoms with Gasteiger partial charge in [0.25, 0.3) is 0 Å². The van der Waals surface area contributed by atoms with Gasteiger partial charge in [-0.15, -0.1) is 11.3 Å². The Morgan fingerprint density at radius 1 is 1.29 bits per heavy atom. The summed E-state index contributed by atoms with van der Waals surface area (Å²) in [5, 5.41) is 11.2. The van der Waals surface area contributed by atoms with Crippen molar-refractivity contribution in [2.24, 2.45) is 0 Å². The zero-order valence-corrected chi connectivity index (χ0v) is 18.0. The molecule has 1 fully saturated rings. The molecule has 0 spiro atoms. The Hall–Kier alpha value is -2.93. The number of amides is 1. The Labute approximate surface area is 184 Å². The van der Waals surface area contributed by atoms with Crippen LogP contribution in [0.1, 0.15) is 36.6 Å². The molecule has 2 aliphatic rings. The summed E-state index contributed by atoms with van der Waals surface area (Å²) in [5.41, 5.74) is -0.979. The van der Waals surface area contributed by atoms with Gasteiger partial charge in [-0.2, -0.15) is 0 Å². The van der Waals surface area contributed by atoms with E-state index in [0.717, 1.165) is 11.1 Å². The molecule has 31 heavy (non-hydrogen) atoms. The molecule has 4 rings (SSSR count). The molecule has 1 aliphatic carbocycles. The summed E-state index contributed by atoms with van der Waals surface area (Å²) < 4.78 is 21.5. The zero-order valence-electron chi connectivity index (χ0n) is 17.2. The Morgan fingerprint density at radius 3 is 2.65 bits per heavy atom. The first-order valence-electron chi connectivity index (χ1n) is 10.2. The molecule has 1 amide bonds. The lowest BCUT2D eigenvalue weighted by atomic mass is 9.84. The van der Waals surface area contributed by atoms with Crippen LogP contribution in [0.15, 0.2) is 66.1 Å². The lowest BCUT2D eigenvalue weighted by Gasteiger charge is -2.45. The highest BCUT2D eigenvalue weighted by Gasteiger charge is 2.49. The fourth-order valence-electron chi connectivity index (χ4n) is 4.23. The number of thiophene rings is 1. The first-order valence-corrected chi connectivity index (χ1v) is 11.1. The molecule has 1 unspecified atom stereocenters. The minimum Gasteiger partial charge on any atom is -0.481 e. The van der Waals surface area contributed by atoms with E-state index in [0.29, 0.717) is 11.3 Å². The second-order valence-corrected chi connectivity index (χ2v) is 8.97. The van der Waals surface area contributed by atoms with Crippen molar-refractivity contribution in [2.45, 2.75) is 43.5 Å². The van der Waals surface area contributed by atoms with Gasteiger partial charge in [0, 0.05) is 24.3 Å². The highest BCUT2D eigenvalue weighted by molar-refractivity contribution is 7.10. The van der Waals surface area contributed by atoms with Crippen LogP contribution in [-0.2, 0) is 15.1 Å². The number of hydrogen-bond acceptors (Lipinski definition) is 4. The first-order chi connectivity index (χ1) is 14.8. The summed E-state index contributed by atoms with van der Waals surface area (Å²) in [7, 11) is 0. The van der Waals surface area contributed by atoms with Crippen molar-refractivity contribution >= 4 is 29.0 Å². The minimum absolute atomic E-state index is 0.143. The normalized spacial score (nSPS) is 26.8. The molecular formula is C24H24FNO4S. The van der Waals surface area contributed by atoms with E-state index in [1.165, 1.54) is 22.3 Å². The average molecular weight is 442 g/mol. The summed E-state index contributed by atoms with van der Waals surface area (Å²) in [6.45, 7) is 1.89. The van der Waals surface area contributed by atoms with Gasteiger partial charge >= 0.3 is 12.1 Å². The number of cyclic esters (lactones) is 1. The van der Waals surface area contributed by atoms with E-state index >= 15 is 4.39 Å². The maximum Gasteiger partial charge on any atom is 0.411 e. The summed E-state index contributed by atoms with van der Waals surface area (Å²) in [4.78, 5) is 26.4. The van der Waals surface area contributed by atoms with Crippen LogP contribution in [0.2, 0.25) is 0 Å². The Morgan fingerprint density at radius 2 is 2.06 bits per heavy atom. The molecule has 7 heteroatoms. The standard InChI is InChI=1S/C24H24FNO4S/c1-17(23(25)11-9-19(10-12-23)18-6-3-2-4-7-18)26-14-13-24(16-21(27)28,30-22(26)29)20-8-5-15-31-20/h2-11,15,17H,12-14,16H2,1H3,(H,27,28)/t17-,23?,24-/m0/s1. The fourth-order valence-corrected chi connectivity index (χ4v) is 5.12.